The molecule has 0 bridgehead atoms. The Hall–Kier alpha value is -1.10. The Kier molecular flexibility index (Phi) is 6.03. The molecule has 0 radical (unpaired) electrons. The van der Waals surface area contributed by atoms with Gasteiger partial charge in [-0.1, -0.05) is 24.6 Å². The lowest BCUT2D eigenvalue weighted by atomic mass is 9.97. The average molecular weight is 310 g/mol. The number of benzene rings is 1. The summed E-state index contributed by atoms with van der Waals surface area (Å²) in [4.78, 5) is 13.6. The molecule has 2 rings (SSSR count). The first-order chi connectivity index (χ1) is 10.1. The van der Waals surface area contributed by atoms with E-state index in [1.54, 1.807) is 12.1 Å². The van der Waals surface area contributed by atoms with Crippen LogP contribution >= 0.6 is 11.6 Å². The van der Waals surface area contributed by atoms with Crippen LogP contribution in [0.4, 0.5) is 0 Å². The highest BCUT2D eigenvalue weighted by molar-refractivity contribution is 6.31. The molecule has 1 aliphatic heterocycles. The number of rotatable bonds is 6. The third kappa shape index (κ3) is 4.70. The van der Waals surface area contributed by atoms with E-state index in [1.165, 1.54) is 12.8 Å². The molecule has 1 aliphatic rings. The number of nitrogens with zero attached hydrogens (tertiary/aromatic N) is 1. The monoisotopic (exact) mass is 309 g/mol. The summed E-state index contributed by atoms with van der Waals surface area (Å²) in [5.74, 6) is 0.320. The van der Waals surface area contributed by atoms with Crippen molar-refractivity contribution < 1.29 is 4.79 Å². The first-order valence-electron chi connectivity index (χ1n) is 7.61. The van der Waals surface area contributed by atoms with Crippen LogP contribution in [0.3, 0.4) is 0 Å². The van der Waals surface area contributed by atoms with E-state index in [1.807, 2.05) is 6.07 Å². The maximum Gasteiger partial charge on any atom is 0.248 e. The average Bonchev–Trinajstić information content (AvgIpc) is 2.49. The van der Waals surface area contributed by atoms with E-state index in [0.717, 1.165) is 44.2 Å². The molecule has 116 valence electrons. The predicted octanol–water partition coefficient (Wildman–Crippen LogP) is 2.26. The van der Waals surface area contributed by atoms with Crippen molar-refractivity contribution in [2.75, 3.05) is 26.2 Å². The van der Waals surface area contributed by atoms with Crippen molar-refractivity contribution >= 4 is 17.5 Å². The van der Waals surface area contributed by atoms with Gasteiger partial charge in [0.1, 0.15) is 0 Å². The summed E-state index contributed by atoms with van der Waals surface area (Å²) in [6, 6.07) is 5.33. The highest BCUT2D eigenvalue weighted by atomic mass is 35.5. The standard InChI is InChI=1S/C16H24ClN3O/c1-2-20(10-12-5-7-19-8-6-12)11-14-4-3-13(16(18)21)9-15(14)17/h3-4,9,12,19H,2,5-8,10-11H2,1H3,(H2,18,21). The van der Waals surface area contributed by atoms with Crippen LogP contribution in [0.1, 0.15) is 35.7 Å². The third-order valence-corrected chi connectivity index (χ3v) is 4.51. The molecule has 5 heteroatoms. The van der Waals surface area contributed by atoms with Gasteiger partial charge in [0.15, 0.2) is 0 Å². The second-order valence-electron chi connectivity index (χ2n) is 5.69. The predicted molar refractivity (Wildman–Crippen MR) is 86.5 cm³/mol. The lowest BCUT2D eigenvalue weighted by Crippen LogP contribution is -2.36. The molecule has 1 aromatic carbocycles. The highest BCUT2D eigenvalue weighted by Crippen LogP contribution is 2.21. The van der Waals surface area contributed by atoms with Gasteiger partial charge in [0.05, 0.1) is 0 Å². The smallest absolute Gasteiger partial charge is 0.248 e. The van der Waals surface area contributed by atoms with E-state index in [9.17, 15) is 4.79 Å². The van der Waals surface area contributed by atoms with Gasteiger partial charge < -0.3 is 11.1 Å². The molecule has 0 unspecified atom stereocenters. The van der Waals surface area contributed by atoms with Crippen LogP contribution in [0.5, 0.6) is 0 Å². The minimum absolute atomic E-state index is 0.439. The molecule has 1 amide bonds. The minimum Gasteiger partial charge on any atom is -0.366 e. The zero-order valence-electron chi connectivity index (χ0n) is 12.6. The van der Waals surface area contributed by atoms with Gasteiger partial charge in [-0.2, -0.15) is 0 Å². The van der Waals surface area contributed by atoms with Crippen molar-refractivity contribution in [3.8, 4) is 0 Å². The SMILES string of the molecule is CCN(Cc1ccc(C(N)=O)cc1Cl)CC1CCNCC1. The molecular formula is C16H24ClN3O. The fraction of sp³-hybridized carbons (Fsp3) is 0.562. The zero-order chi connectivity index (χ0) is 15.2. The third-order valence-electron chi connectivity index (χ3n) is 4.15. The van der Waals surface area contributed by atoms with Crippen LogP contribution in [0.25, 0.3) is 0 Å². The molecule has 0 spiro atoms. The van der Waals surface area contributed by atoms with Crippen molar-refractivity contribution in [1.82, 2.24) is 10.2 Å². The lowest BCUT2D eigenvalue weighted by molar-refractivity contribution is 0.100. The number of piperidine rings is 1. The number of hydrogen-bond donors (Lipinski definition) is 2. The molecule has 0 aliphatic carbocycles. The van der Waals surface area contributed by atoms with Gasteiger partial charge in [-0.25, -0.2) is 0 Å². The zero-order valence-corrected chi connectivity index (χ0v) is 13.3. The lowest BCUT2D eigenvalue weighted by Gasteiger charge is -2.29. The Labute approximate surface area is 131 Å². The Morgan fingerprint density at radius 1 is 1.43 bits per heavy atom. The number of halogens is 1. The molecular weight excluding hydrogens is 286 g/mol. The fourth-order valence-corrected chi connectivity index (χ4v) is 3.04. The summed E-state index contributed by atoms with van der Waals surface area (Å²) in [6.45, 7) is 7.33. The summed E-state index contributed by atoms with van der Waals surface area (Å²) in [6.07, 6.45) is 2.48. The van der Waals surface area contributed by atoms with Crippen LogP contribution in [-0.4, -0.2) is 37.0 Å². The van der Waals surface area contributed by atoms with Crippen molar-refractivity contribution in [3.63, 3.8) is 0 Å². The van der Waals surface area contributed by atoms with Crippen LogP contribution in [0.2, 0.25) is 5.02 Å². The van der Waals surface area contributed by atoms with E-state index in [0.29, 0.717) is 10.6 Å². The molecule has 1 heterocycles. The first kappa shape index (κ1) is 16.3. The van der Waals surface area contributed by atoms with Crippen molar-refractivity contribution in [3.05, 3.63) is 34.3 Å². The molecule has 4 nitrogen and oxygen atoms in total. The summed E-state index contributed by atoms with van der Waals surface area (Å²) < 4.78 is 0. The van der Waals surface area contributed by atoms with Gasteiger partial charge in [0.2, 0.25) is 5.91 Å². The maximum absolute atomic E-state index is 11.2. The number of nitrogens with one attached hydrogen (secondary N) is 1. The summed E-state index contributed by atoms with van der Waals surface area (Å²) in [7, 11) is 0. The van der Waals surface area contributed by atoms with Crippen LogP contribution in [-0.2, 0) is 6.54 Å². The van der Waals surface area contributed by atoms with E-state index in [4.69, 9.17) is 17.3 Å². The Balaban J connectivity index is 1.99. The number of hydrogen-bond acceptors (Lipinski definition) is 3. The Bertz CT molecular complexity index is 486. The largest absolute Gasteiger partial charge is 0.366 e. The number of carbonyl (C=O) groups is 1. The first-order valence-corrected chi connectivity index (χ1v) is 7.99. The van der Waals surface area contributed by atoms with Gasteiger partial charge in [0, 0.05) is 23.7 Å². The molecule has 3 N–H and O–H groups in total. The van der Waals surface area contributed by atoms with Crippen molar-refractivity contribution in [2.45, 2.75) is 26.3 Å². The van der Waals surface area contributed by atoms with E-state index < -0.39 is 5.91 Å². The van der Waals surface area contributed by atoms with Gasteiger partial charge in [-0.3, -0.25) is 9.69 Å². The van der Waals surface area contributed by atoms with Gasteiger partial charge in [0.25, 0.3) is 0 Å². The Morgan fingerprint density at radius 3 is 2.71 bits per heavy atom. The fourth-order valence-electron chi connectivity index (χ4n) is 2.80. The van der Waals surface area contributed by atoms with E-state index >= 15 is 0 Å². The maximum atomic E-state index is 11.2. The summed E-state index contributed by atoms with van der Waals surface area (Å²) >= 11 is 6.27. The van der Waals surface area contributed by atoms with Gasteiger partial charge in [-0.05, 0) is 56.1 Å². The summed E-state index contributed by atoms with van der Waals surface area (Å²) in [5, 5.41) is 4.02. The van der Waals surface area contributed by atoms with E-state index in [-0.39, 0.29) is 0 Å². The quantitative estimate of drug-likeness (QED) is 0.847. The number of carbonyl (C=O) groups excluding carboxylic acids is 1. The second-order valence-corrected chi connectivity index (χ2v) is 6.10. The minimum atomic E-state index is -0.439. The van der Waals surface area contributed by atoms with Crippen LogP contribution in [0.15, 0.2) is 18.2 Å². The molecule has 21 heavy (non-hydrogen) atoms. The highest BCUT2D eigenvalue weighted by Gasteiger charge is 2.17. The molecule has 1 aromatic rings. The van der Waals surface area contributed by atoms with Crippen molar-refractivity contribution in [1.29, 1.82) is 0 Å². The van der Waals surface area contributed by atoms with Crippen LogP contribution in [0, 0.1) is 5.92 Å². The van der Waals surface area contributed by atoms with Crippen LogP contribution < -0.4 is 11.1 Å². The summed E-state index contributed by atoms with van der Waals surface area (Å²) in [5.41, 5.74) is 6.79. The van der Waals surface area contributed by atoms with Crippen molar-refractivity contribution in [2.24, 2.45) is 11.7 Å². The molecule has 0 aromatic heterocycles. The number of primary amides is 1. The molecule has 1 fully saturated rings. The second kappa shape index (κ2) is 7.78. The molecule has 0 atom stereocenters. The molecule has 0 saturated carbocycles. The Morgan fingerprint density at radius 2 is 2.14 bits per heavy atom. The number of nitrogens with two attached hydrogens (primary N) is 1. The normalized spacial score (nSPS) is 16.3. The van der Waals surface area contributed by atoms with E-state index in [2.05, 4.69) is 17.1 Å². The topological polar surface area (TPSA) is 58.4 Å². The number of amides is 1. The van der Waals surface area contributed by atoms with Gasteiger partial charge >= 0.3 is 0 Å². The van der Waals surface area contributed by atoms with Gasteiger partial charge in [-0.15, -0.1) is 0 Å². The molecule has 1 saturated heterocycles.